The number of hydrogen-bond donors (Lipinski definition) is 2. The van der Waals surface area contributed by atoms with Gasteiger partial charge in [-0.05, 0) is 37.6 Å². The highest BCUT2D eigenvalue weighted by Gasteiger charge is 2.29. The predicted molar refractivity (Wildman–Crippen MR) is 110 cm³/mol. The van der Waals surface area contributed by atoms with Gasteiger partial charge in [0, 0.05) is 24.7 Å². The molecule has 1 heterocycles. The molecule has 0 aliphatic heterocycles. The number of nitrogens with zero attached hydrogens (tertiary/aromatic N) is 1. The molecule has 1 unspecified atom stereocenters. The number of pyridine rings is 1. The Morgan fingerprint density at radius 2 is 1.80 bits per heavy atom. The van der Waals surface area contributed by atoms with Crippen molar-refractivity contribution in [3.05, 3.63) is 53.9 Å². The first-order chi connectivity index (χ1) is 14.3. The Bertz CT molecular complexity index is 796. The van der Waals surface area contributed by atoms with Crippen LogP contribution in [0.2, 0.25) is 0 Å². The summed E-state index contributed by atoms with van der Waals surface area (Å²) in [5, 5.41) is 5.34. The maximum Gasteiger partial charge on any atom is 0.315 e. The van der Waals surface area contributed by atoms with Gasteiger partial charge >= 0.3 is 6.43 Å². The lowest BCUT2D eigenvalue weighted by molar-refractivity contribution is -0.148. The fraction of sp³-hybridized carbons (Fsp3) is 0.455. The van der Waals surface area contributed by atoms with Crippen molar-refractivity contribution in [2.24, 2.45) is 0 Å². The van der Waals surface area contributed by atoms with Gasteiger partial charge in [0.05, 0.1) is 18.5 Å². The van der Waals surface area contributed by atoms with Crippen LogP contribution >= 0.6 is 0 Å². The minimum Gasteiger partial charge on any atom is -0.348 e. The summed E-state index contributed by atoms with van der Waals surface area (Å²) in [5.41, 5.74) is 2.13. The smallest absolute Gasteiger partial charge is 0.315 e. The maximum atomic E-state index is 13.1. The van der Waals surface area contributed by atoms with Crippen molar-refractivity contribution in [1.29, 1.82) is 0 Å². The number of hydrogen-bond acceptors (Lipinski definition) is 4. The van der Waals surface area contributed by atoms with Crippen LogP contribution in [0.15, 0.2) is 42.6 Å². The molecule has 164 valence electrons. The van der Waals surface area contributed by atoms with E-state index in [4.69, 9.17) is 4.74 Å². The van der Waals surface area contributed by atoms with Crippen molar-refractivity contribution in [2.75, 3.05) is 13.2 Å². The summed E-state index contributed by atoms with van der Waals surface area (Å²) in [4.78, 5) is 15.7. The molecular formula is C22H28F3N3O2. The molecule has 0 saturated carbocycles. The molecule has 2 rings (SSSR count). The molecule has 2 aromatic rings. The van der Waals surface area contributed by atoms with Gasteiger partial charge in [0.25, 0.3) is 5.91 Å². The van der Waals surface area contributed by atoms with Crippen molar-refractivity contribution in [3.8, 4) is 11.1 Å². The summed E-state index contributed by atoms with van der Waals surface area (Å²) in [7, 11) is 0. The highest BCUT2D eigenvalue weighted by molar-refractivity contribution is 5.79. The predicted octanol–water partition coefficient (Wildman–Crippen LogP) is 4.39. The highest BCUT2D eigenvalue weighted by atomic mass is 19.3. The first kappa shape index (κ1) is 23.8. The third-order valence-electron chi connectivity index (χ3n) is 4.43. The Labute approximate surface area is 175 Å². The number of aromatic nitrogens is 1. The van der Waals surface area contributed by atoms with E-state index in [1.807, 2.05) is 31.2 Å². The molecule has 0 saturated heterocycles. The van der Waals surface area contributed by atoms with Crippen LogP contribution in [0.3, 0.4) is 0 Å². The van der Waals surface area contributed by atoms with E-state index in [9.17, 15) is 18.0 Å². The van der Waals surface area contributed by atoms with Crippen molar-refractivity contribution in [1.82, 2.24) is 15.6 Å². The minimum absolute atomic E-state index is 0.0357. The molecule has 1 aromatic heterocycles. The Morgan fingerprint density at radius 1 is 1.13 bits per heavy atom. The quantitative estimate of drug-likeness (QED) is 0.526. The lowest BCUT2D eigenvalue weighted by Gasteiger charge is -2.31. The van der Waals surface area contributed by atoms with Gasteiger partial charge in [0.2, 0.25) is 0 Å². The van der Waals surface area contributed by atoms with Gasteiger partial charge in [-0.3, -0.25) is 14.2 Å². The Balaban J connectivity index is 2.11. The van der Waals surface area contributed by atoms with E-state index >= 15 is 0 Å². The summed E-state index contributed by atoms with van der Waals surface area (Å²) >= 11 is 0. The monoisotopic (exact) mass is 423 g/mol. The number of nitrogens with one attached hydrogen (secondary N) is 2. The van der Waals surface area contributed by atoms with Gasteiger partial charge < -0.3 is 15.4 Å². The minimum atomic E-state index is -3.15. The number of ether oxygens (including phenoxy) is 1. The number of benzene rings is 1. The SMILES string of the molecule is CCNCc1ccc(-c2ccc(C(CCF)OC(C)(C)NC(=O)C(F)F)cc2)cn1. The van der Waals surface area contributed by atoms with E-state index < -0.39 is 30.8 Å². The van der Waals surface area contributed by atoms with Crippen LogP contribution < -0.4 is 10.6 Å². The fourth-order valence-electron chi connectivity index (χ4n) is 2.97. The molecule has 0 aliphatic carbocycles. The molecule has 0 bridgehead atoms. The first-order valence-corrected chi connectivity index (χ1v) is 9.85. The van der Waals surface area contributed by atoms with E-state index in [-0.39, 0.29) is 6.42 Å². The standard InChI is InChI=1S/C22H28F3N3O2/c1-4-26-14-18-10-9-17(13-27-18)15-5-7-16(8-6-15)19(11-12-23)30-22(2,3)28-21(29)20(24)25/h5-10,13,19-20,26H,4,11-12,14H2,1-3H3,(H,28,29). The molecule has 0 spiro atoms. The van der Waals surface area contributed by atoms with Crippen LogP contribution in [-0.4, -0.2) is 36.3 Å². The van der Waals surface area contributed by atoms with Crippen LogP contribution in [0.4, 0.5) is 13.2 Å². The van der Waals surface area contributed by atoms with Crippen molar-refractivity contribution < 1.29 is 22.7 Å². The maximum absolute atomic E-state index is 13.1. The summed E-state index contributed by atoms with van der Waals surface area (Å²) < 4.78 is 43.9. The zero-order valence-electron chi connectivity index (χ0n) is 17.4. The Hall–Kier alpha value is -2.45. The number of carbonyl (C=O) groups excluding carboxylic acids is 1. The Morgan fingerprint density at radius 3 is 2.33 bits per heavy atom. The topological polar surface area (TPSA) is 63.2 Å². The molecule has 0 fully saturated rings. The summed E-state index contributed by atoms with van der Waals surface area (Å²) in [6.07, 6.45) is -2.02. The van der Waals surface area contributed by atoms with E-state index in [1.54, 1.807) is 18.3 Å². The highest BCUT2D eigenvalue weighted by Crippen LogP contribution is 2.29. The number of halogens is 3. The number of rotatable bonds is 11. The summed E-state index contributed by atoms with van der Waals surface area (Å²) in [6.45, 7) is 5.86. The second-order valence-corrected chi connectivity index (χ2v) is 7.32. The van der Waals surface area contributed by atoms with E-state index in [0.717, 1.165) is 23.4 Å². The van der Waals surface area contributed by atoms with Gasteiger partial charge in [-0.2, -0.15) is 8.78 Å². The molecule has 0 radical (unpaired) electrons. The third kappa shape index (κ3) is 7.11. The first-order valence-electron chi connectivity index (χ1n) is 9.85. The zero-order chi connectivity index (χ0) is 22.1. The largest absolute Gasteiger partial charge is 0.348 e. The van der Waals surface area contributed by atoms with E-state index in [0.29, 0.717) is 12.1 Å². The molecule has 1 atom stereocenters. The molecular weight excluding hydrogens is 395 g/mol. The van der Waals surface area contributed by atoms with Crippen LogP contribution in [0.5, 0.6) is 0 Å². The second-order valence-electron chi connectivity index (χ2n) is 7.32. The molecule has 30 heavy (non-hydrogen) atoms. The Kier molecular flexibility index (Phi) is 8.80. The van der Waals surface area contributed by atoms with Crippen LogP contribution in [0, 0.1) is 0 Å². The van der Waals surface area contributed by atoms with Crippen molar-refractivity contribution >= 4 is 5.91 Å². The van der Waals surface area contributed by atoms with Gasteiger partial charge in [-0.25, -0.2) is 0 Å². The molecule has 0 aliphatic rings. The second kappa shape index (κ2) is 11.1. The molecule has 5 nitrogen and oxygen atoms in total. The summed E-state index contributed by atoms with van der Waals surface area (Å²) in [6, 6.07) is 11.3. The van der Waals surface area contributed by atoms with Crippen LogP contribution in [0.1, 0.15) is 44.6 Å². The zero-order valence-corrected chi connectivity index (χ0v) is 17.4. The lowest BCUT2D eigenvalue weighted by Crippen LogP contribution is -2.48. The van der Waals surface area contributed by atoms with E-state index in [1.165, 1.54) is 13.8 Å². The number of alkyl halides is 3. The fourth-order valence-corrected chi connectivity index (χ4v) is 2.97. The molecule has 2 N–H and O–H groups in total. The summed E-state index contributed by atoms with van der Waals surface area (Å²) in [5.74, 6) is -1.43. The average molecular weight is 423 g/mol. The molecule has 8 heteroatoms. The van der Waals surface area contributed by atoms with E-state index in [2.05, 4.69) is 15.6 Å². The van der Waals surface area contributed by atoms with Crippen LogP contribution in [0.25, 0.3) is 11.1 Å². The van der Waals surface area contributed by atoms with Crippen molar-refractivity contribution in [2.45, 2.75) is 52.0 Å². The number of amides is 1. The van der Waals surface area contributed by atoms with Crippen LogP contribution in [-0.2, 0) is 16.1 Å². The van der Waals surface area contributed by atoms with Gasteiger partial charge in [0.15, 0.2) is 0 Å². The van der Waals surface area contributed by atoms with Gasteiger partial charge in [-0.1, -0.05) is 37.3 Å². The molecule has 1 amide bonds. The van der Waals surface area contributed by atoms with Crippen molar-refractivity contribution in [3.63, 3.8) is 0 Å². The van der Waals surface area contributed by atoms with Gasteiger partial charge in [-0.15, -0.1) is 0 Å². The lowest BCUT2D eigenvalue weighted by atomic mass is 10.0. The van der Waals surface area contributed by atoms with Gasteiger partial charge in [0.1, 0.15) is 5.72 Å². The molecule has 1 aromatic carbocycles. The third-order valence-corrected chi connectivity index (χ3v) is 4.43. The average Bonchev–Trinajstić information content (AvgIpc) is 2.72. The number of carbonyl (C=O) groups is 1. The normalized spacial score (nSPS) is 12.8.